The molecule has 0 amide bonds. The molecular weight excluding hydrogens is 453 g/mol. The van der Waals surface area contributed by atoms with Crippen molar-refractivity contribution >= 4 is 0 Å². The number of rotatable bonds is 19. The van der Waals surface area contributed by atoms with Crippen molar-refractivity contribution in [2.24, 2.45) is 0 Å². The van der Waals surface area contributed by atoms with Crippen molar-refractivity contribution in [2.45, 2.75) is 133 Å². The highest BCUT2D eigenvalue weighted by atomic mass is 19.4. The number of hydrogen-bond acceptors (Lipinski definition) is 2. The van der Waals surface area contributed by atoms with Gasteiger partial charge in [-0.3, -0.25) is 0 Å². The van der Waals surface area contributed by atoms with Gasteiger partial charge in [-0.25, -0.2) is 0 Å². The molecule has 0 saturated carbocycles. The van der Waals surface area contributed by atoms with Crippen LogP contribution in [0.25, 0.3) is 0 Å². The Hall–Kier alpha value is -0.570. The summed E-state index contributed by atoms with van der Waals surface area (Å²) in [4.78, 5) is 0. The third-order valence-electron chi connectivity index (χ3n) is 6.17. The normalized spacial score (nSPS) is 18.1. The quantitative estimate of drug-likeness (QED) is 0.132. The molecule has 0 aliphatic carbocycles. The Bertz CT molecular complexity index is 478. The van der Waals surface area contributed by atoms with Gasteiger partial charge in [-0.05, 0) is 32.1 Å². The molecule has 0 bridgehead atoms. The summed E-state index contributed by atoms with van der Waals surface area (Å²) < 4.78 is 99.4. The van der Waals surface area contributed by atoms with Crippen molar-refractivity contribution < 1.29 is 40.2 Å². The second-order valence-corrected chi connectivity index (χ2v) is 9.19. The van der Waals surface area contributed by atoms with Gasteiger partial charge in [-0.2, -0.15) is 30.7 Å². The summed E-state index contributed by atoms with van der Waals surface area (Å²) in [6, 6.07) is 0. The molecule has 1 unspecified atom stereocenters. The van der Waals surface area contributed by atoms with E-state index in [-0.39, 0.29) is 18.9 Å². The summed E-state index contributed by atoms with van der Waals surface area (Å²) >= 11 is 0. The lowest BCUT2D eigenvalue weighted by molar-refractivity contribution is -0.355. The zero-order valence-corrected chi connectivity index (χ0v) is 19.7. The lowest BCUT2D eigenvalue weighted by atomic mass is 10.0. The Kier molecular flexibility index (Phi) is 14.9. The zero-order chi connectivity index (χ0) is 24.6. The highest BCUT2D eigenvalue weighted by molar-refractivity contribution is 4.90. The molecule has 0 radical (unpaired) electrons. The first kappa shape index (κ1) is 30.5. The van der Waals surface area contributed by atoms with Gasteiger partial charge in [0.05, 0.1) is 12.7 Å². The SMILES string of the molecule is FC(F)(F)C(F)(F)C(F)(F)CCCCCCCCCCCCCCCOCC1CCCCO1. The van der Waals surface area contributed by atoms with Gasteiger partial charge < -0.3 is 9.47 Å². The van der Waals surface area contributed by atoms with Crippen molar-refractivity contribution in [1.29, 1.82) is 0 Å². The maximum absolute atomic E-state index is 13.2. The summed E-state index contributed by atoms with van der Waals surface area (Å²) in [5.41, 5.74) is 0. The maximum Gasteiger partial charge on any atom is 0.459 e. The van der Waals surface area contributed by atoms with E-state index in [4.69, 9.17) is 9.47 Å². The molecule has 9 heteroatoms. The van der Waals surface area contributed by atoms with Crippen LogP contribution >= 0.6 is 0 Å². The average Bonchev–Trinajstić information content (AvgIpc) is 2.75. The van der Waals surface area contributed by atoms with Crippen LogP contribution in [0.1, 0.15) is 109 Å². The lowest BCUT2D eigenvalue weighted by Gasteiger charge is -2.28. The van der Waals surface area contributed by atoms with E-state index in [0.717, 1.165) is 64.6 Å². The minimum atomic E-state index is -6.23. The molecule has 2 nitrogen and oxygen atoms in total. The van der Waals surface area contributed by atoms with Crippen LogP contribution in [-0.4, -0.2) is 43.9 Å². The number of unbranched alkanes of at least 4 members (excludes halogenated alkanes) is 12. The molecule has 1 saturated heterocycles. The smallest absolute Gasteiger partial charge is 0.379 e. The van der Waals surface area contributed by atoms with Gasteiger partial charge in [-0.15, -0.1) is 0 Å². The molecule has 0 spiro atoms. The van der Waals surface area contributed by atoms with Gasteiger partial charge in [0.2, 0.25) is 0 Å². The van der Waals surface area contributed by atoms with Crippen molar-refractivity contribution in [2.75, 3.05) is 19.8 Å². The Morgan fingerprint density at radius 1 is 0.636 bits per heavy atom. The Morgan fingerprint density at radius 2 is 1.12 bits per heavy atom. The van der Waals surface area contributed by atoms with Crippen molar-refractivity contribution in [3.05, 3.63) is 0 Å². The number of halogens is 7. The monoisotopic (exact) mass is 494 g/mol. The van der Waals surface area contributed by atoms with Crippen LogP contribution in [-0.2, 0) is 9.47 Å². The molecule has 1 atom stereocenters. The standard InChI is InChI=1S/C24H41F7O2/c25-22(26,23(27,28)24(29,30)31)17-13-10-8-6-4-2-1-3-5-7-9-11-14-18-32-20-21-16-12-15-19-33-21/h21H,1-20H2. The van der Waals surface area contributed by atoms with Crippen LogP contribution in [0.4, 0.5) is 30.7 Å². The van der Waals surface area contributed by atoms with Gasteiger partial charge in [0.25, 0.3) is 0 Å². The van der Waals surface area contributed by atoms with E-state index in [1.54, 1.807) is 0 Å². The molecule has 0 aromatic carbocycles. The largest absolute Gasteiger partial charge is 0.459 e. The molecule has 1 heterocycles. The Morgan fingerprint density at radius 3 is 1.58 bits per heavy atom. The molecule has 33 heavy (non-hydrogen) atoms. The fourth-order valence-corrected chi connectivity index (χ4v) is 4.01. The van der Waals surface area contributed by atoms with Gasteiger partial charge in [0, 0.05) is 19.6 Å². The van der Waals surface area contributed by atoms with E-state index in [2.05, 4.69) is 0 Å². The Balaban J connectivity index is 1.82. The van der Waals surface area contributed by atoms with Crippen LogP contribution in [0.15, 0.2) is 0 Å². The van der Waals surface area contributed by atoms with E-state index >= 15 is 0 Å². The van der Waals surface area contributed by atoms with Crippen LogP contribution in [0.3, 0.4) is 0 Å². The molecule has 1 rings (SSSR count). The Labute approximate surface area is 194 Å². The molecule has 1 fully saturated rings. The fourth-order valence-electron chi connectivity index (χ4n) is 4.01. The molecular formula is C24H41F7O2. The second kappa shape index (κ2) is 16.2. The van der Waals surface area contributed by atoms with Crippen molar-refractivity contribution in [3.8, 4) is 0 Å². The third kappa shape index (κ3) is 12.6. The fraction of sp³-hybridized carbons (Fsp3) is 1.00. The number of ether oxygens (including phenoxy) is 2. The number of alkyl halides is 7. The third-order valence-corrected chi connectivity index (χ3v) is 6.17. The molecule has 1 aliphatic rings. The first-order chi connectivity index (χ1) is 15.6. The van der Waals surface area contributed by atoms with Gasteiger partial charge in [0.15, 0.2) is 0 Å². The molecule has 198 valence electrons. The van der Waals surface area contributed by atoms with Crippen molar-refractivity contribution in [1.82, 2.24) is 0 Å². The van der Waals surface area contributed by atoms with E-state index in [0.29, 0.717) is 13.0 Å². The van der Waals surface area contributed by atoms with E-state index in [1.165, 1.54) is 32.1 Å². The topological polar surface area (TPSA) is 18.5 Å². The summed E-state index contributed by atoms with van der Waals surface area (Å²) in [5.74, 6) is -11.0. The zero-order valence-electron chi connectivity index (χ0n) is 19.7. The highest BCUT2D eigenvalue weighted by Gasteiger charge is 2.72. The van der Waals surface area contributed by atoms with Crippen molar-refractivity contribution in [3.63, 3.8) is 0 Å². The first-order valence-corrected chi connectivity index (χ1v) is 12.6. The molecule has 0 N–H and O–H groups in total. The van der Waals surface area contributed by atoms with Gasteiger partial charge in [0.1, 0.15) is 0 Å². The average molecular weight is 495 g/mol. The van der Waals surface area contributed by atoms with Crippen LogP contribution in [0, 0.1) is 0 Å². The lowest BCUT2D eigenvalue weighted by Crippen LogP contribution is -2.51. The molecule has 1 aliphatic heterocycles. The summed E-state index contributed by atoms with van der Waals surface area (Å²) in [6.07, 6.45) is 7.37. The van der Waals surface area contributed by atoms with Crippen LogP contribution in [0.5, 0.6) is 0 Å². The first-order valence-electron chi connectivity index (χ1n) is 12.6. The summed E-state index contributed by atoms with van der Waals surface area (Å²) in [5, 5.41) is 0. The van der Waals surface area contributed by atoms with Crippen LogP contribution < -0.4 is 0 Å². The minimum absolute atomic E-state index is 0.237. The van der Waals surface area contributed by atoms with Gasteiger partial charge in [-0.1, -0.05) is 70.6 Å². The minimum Gasteiger partial charge on any atom is -0.379 e. The second-order valence-electron chi connectivity index (χ2n) is 9.19. The molecule has 0 aromatic heterocycles. The molecule has 0 aromatic rings. The van der Waals surface area contributed by atoms with Gasteiger partial charge >= 0.3 is 18.0 Å². The predicted molar refractivity (Wildman–Crippen MR) is 115 cm³/mol. The van der Waals surface area contributed by atoms with E-state index < -0.39 is 24.4 Å². The van der Waals surface area contributed by atoms with Crippen LogP contribution in [0.2, 0.25) is 0 Å². The van der Waals surface area contributed by atoms with E-state index in [9.17, 15) is 30.7 Å². The predicted octanol–water partition coefficient (Wildman–Crippen LogP) is 8.87. The summed E-state index contributed by atoms with van der Waals surface area (Å²) in [7, 11) is 0. The highest BCUT2D eigenvalue weighted by Crippen LogP contribution is 2.48. The van der Waals surface area contributed by atoms with E-state index in [1.807, 2.05) is 0 Å². The number of hydrogen-bond donors (Lipinski definition) is 0. The maximum atomic E-state index is 13.2. The summed E-state index contributed by atoms with van der Waals surface area (Å²) in [6.45, 7) is 2.36.